The first kappa shape index (κ1) is 24.6. The van der Waals surface area contributed by atoms with Crippen LogP contribution in [0.15, 0.2) is 48.6 Å². The number of H-pyrrole nitrogens is 1. The number of fused-ring (bicyclic) bond motifs is 1. The highest BCUT2D eigenvalue weighted by atomic mass is 15.1. The fourth-order valence-electron chi connectivity index (χ4n) is 5.10. The number of allylic oxidation sites excluding steroid dienone is 5. The van der Waals surface area contributed by atoms with Crippen molar-refractivity contribution in [1.82, 2.24) is 9.88 Å². The molecule has 0 amide bonds. The Labute approximate surface area is 196 Å². The summed E-state index contributed by atoms with van der Waals surface area (Å²) in [5, 5.41) is 1.39. The van der Waals surface area contributed by atoms with E-state index in [9.17, 15) is 0 Å². The third-order valence-electron chi connectivity index (χ3n) is 7.53. The average Bonchev–Trinajstić information content (AvgIpc) is 3.17. The summed E-state index contributed by atoms with van der Waals surface area (Å²) in [6, 6.07) is 7.81. The standard InChI is InChI=1S/C30H44N2/c1-9-11-26(18-23(8)22(7)10-2)30-29(20(3)4)27-19-25(12-13-28(27)31-30)24-14-16-32(17-15-24)21(5)6/h9,11-13,18-22,24,31H,1,10,14-17H2,2-8H3/b23-18-,26-11+. The number of aromatic amines is 1. The van der Waals surface area contributed by atoms with Gasteiger partial charge in [-0.25, -0.2) is 0 Å². The number of benzene rings is 1. The Kier molecular flexibility index (Phi) is 8.22. The molecular formula is C30H44N2. The van der Waals surface area contributed by atoms with E-state index in [-0.39, 0.29) is 0 Å². The maximum absolute atomic E-state index is 4.00. The molecule has 0 aliphatic carbocycles. The van der Waals surface area contributed by atoms with Crippen molar-refractivity contribution in [1.29, 1.82) is 0 Å². The summed E-state index contributed by atoms with van der Waals surface area (Å²) in [4.78, 5) is 6.39. The minimum atomic E-state index is 0.447. The van der Waals surface area contributed by atoms with E-state index in [2.05, 4.69) is 95.3 Å². The van der Waals surface area contributed by atoms with Crippen LogP contribution in [0.2, 0.25) is 0 Å². The van der Waals surface area contributed by atoms with Crippen molar-refractivity contribution in [2.45, 2.75) is 85.6 Å². The summed E-state index contributed by atoms with van der Waals surface area (Å²) in [5.41, 5.74) is 8.11. The van der Waals surface area contributed by atoms with Crippen molar-refractivity contribution in [3.63, 3.8) is 0 Å². The maximum Gasteiger partial charge on any atom is 0.0499 e. The van der Waals surface area contributed by atoms with Crippen LogP contribution in [-0.4, -0.2) is 29.0 Å². The molecule has 0 radical (unpaired) electrons. The summed E-state index contributed by atoms with van der Waals surface area (Å²) < 4.78 is 0. The zero-order chi connectivity index (χ0) is 23.4. The number of nitrogens with one attached hydrogen (secondary N) is 1. The Morgan fingerprint density at radius 2 is 1.84 bits per heavy atom. The second-order valence-electron chi connectivity index (χ2n) is 10.3. The van der Waals surface area contributed by atoms with Crippen molar-refractivity contribution >= 4 is 16.5 Å². The summed E-state index contributed by atoms with van der Waals surface area (Å²) >= 11 is 0. The lowest BCUT2D eigenvalue weighted by Gasteiger charge is -2.34. The molecule has 32 heavy (non-hydrogen) atoms. The minimum Gasteiger partial charge on any atom is -0.354 e. The van der Waals surface area contributed by atoms with Gasteiger partial charge in [-0.1, -0.05) is 64.1 Å². The largest absolute Gasteiger partial charge is 0.354 e. The minimum absolute atomic E-state index is 0.447. The summed E-state index contributed by atoms with van der Waals surface area (Å²) in [6.07, 6.45) is 10.1. The van der Waals surface area contributed by atoms with E-state index in [0.29, 0.717) is 23.8 Å². The molecule has 2 heterocycles. The van der Waals surface area contributed by atoms with Crippen LogP contribution in [0.25, 0.3) is 16.5 Å². The number of rotatable bonds is 8. The van der Waals surface area contributed by atoms with Gasteiger partial charge in [-0.05, 0) is 99.7 Å². The Balaban J connectivity index is 2.03. The van der Waals surface area contributed by atoms with Gasteiger partial charge in [0.2, 0.25) is 0 Å². The molecule has 1 aromatic heterocycles. The Morgan fingerprint density at radius 3 is 2.41 bits per heavy atom. The van der Waals surface area contributed by atoms with E-state index >= 15 is 0 Å². The van der Waals surface area contributed by atoms with Crippen molar-refractivity contribution in [2.75, 3.05) is 13.1 Å². The molecule has 3 rings (SSSR count). The van der Waals surface area contributed by atoms with Gasteiger partial charge in [0.05, 0.1) is 0 Å². The van der Waals surface area contributed by atoms with Gasteiger partial charge in [0.25, 0.3) is 0 Å². The second-order valence-corrected chi connectivity index (χ2v) is 10.3. The van der Waals surface area contributed by atoms with Crippen LogP contribution in [0.1, 0.15) is 96.4 Å². The van der Waals surface area contributed by atoms with Crippen LogP contribution in [0, 0.1) is 5.92 Å². The van der Waals surface area contributed by atoms with Crippen molar-refractivity contribution < 1.29 is 0 Å². The molecule has 0 bridgehead atoms. The monoisotopic (exact) mass is 432 g/mol. The fraction of sp³-hybridized carbons (Fsp3) is 0.533. The molecule has 1 fully saturated rings. The highest BCUT2D eigenvalue weighted by Gasteiger charge is 2.24. The number of likely N-dealkylation sites (tertiary alicyclic amines) is 1. The third-order valence-corrected chi connectivity index (χ3v) is 7.53. The highest BCUT2D eigenvalue weighted by molar-refractivity contribution is 5.92. The summed E-state index contributed by atoms with van der Waals surface area (Å²) in [6.45, 7) is 22.5. The topological polar surface area (TPSA) is 19.0 Å². The summed E-state index contributed by atoms with van der Waals surface area (Å²) in [7, 11) is 0. The zero-order valence-electron chi connectivity index (χ0n) is 21.5. The molecule has 1 aliphatic heterocycles. The first-order valence-corrected chi connectivity index (χ1v) is 12.7. The lowest BCUT2D eigenvalue weighted by atomic mass is 9.87. The molecule has 0 spiro atoms. The van der Waals surface area contributed by atoms with Crippen LogP contribution < -0.4 is 0 Å². The van der Waals surface area contributed by atoms with E-state index in [1.807, 2.05) is 6.08 Å². The van der Waals surface area contributed by atoms with Gasteiger partial charge in [-0.15, -0.1) is 0 Å². The number of hydrogen-bond acceptors (Lipinski definition) is 1. The van der Waals surface area contributed by atoms with E-state index in [1.165, 1.54) is 64.8 Å². The van der Waals surface area contributed by atoms with E-state index < -0.39 is 0 Å². The molecule has 0 saturated carbocycles. The molecule has 1 unspecified atom stereocenters. The first-order valence-electron chi connectivity index (χ1n) is 12.7. The normalized spacial score (nSPS) is 18.2. The molecule has 2 aromatic rings. The number of nitrogens with zero attached hydrogens (tertiary/aromatic N) is 1. The van der Waals surface area contributed by atoms with Gasteiger partial charge in [0.1, 0.15) is 0 Å². The molecule has 174 valence electrons. The Bertz CT molecular complexity index is 978. The zero-order valence-corrected chi connectivity index (χ0v) is 21.5. The van der Waals surface area contributed by atoms with Gasteiger partial charge in [-0.2, -0.15) is 0 Å². The molecule has 1 saturated heterocycles. The quantitative estimate of drug-likeness (QED) is 0.415. The van der Waals surface area contributed by atoms with Crippen molar-refractivity contribution in [2.24, 2.45) is 5.92 Å². The Morgan fingerprint density at radius 1 is 1.16 bits per heavy atom. The molecule has 2 heteroatoms. The number of piperidine rings is 1. The lowest BCUT2D eigenvalue weighted by molar-refractivity contribution is 0.172. The smallest absolute Gasteiger partial charge is 0.0499 e. The predicted octanol–water partition coefficient (Wildman–Crippen LogP) is 8.44. The van der Waals surface area contributed by atoms with E-state index in [1.54, 1.807) is 0 Å². The lowest BCUT2D eigenvalue weighted by Crippen LogP contribution is -2.37. The number of hydrogen-bond donors (Lipinski definition) is 1. The van der Waals surface area contributed by atoms with Crippen LogP contribution in [0.4, 0.5) is 0 Å². The number of aromatic nitrogens is 1. The van der Waals surface area contributed by atoms with Crippen LogP contribution in [0.3, 0.4) is 0 Å². The van der Waals surface area contributed by atoms with E-state index in [0.717, 1.165) is 6.42 Å². The molecule has 1 N–H and O–H groups in total. The fourth-order valence-corrected chi connectivity index (χ4v) is 5.10. The second kappa shape index (κ2) is 10.7. The molecule has 2 nitrogen and oxygen atoms in total. The third kappa shape index (κ3) is 5.29. The molecule has 1 aliphatic rings. The first-order chi connectivity index (χ1) is 15.3. The van der Waals surface area contributed by atoms with Gasteiger partial charge in [0, 0.05) is 22.6 Å². The highest BCUT2D eigenvalue weighted by Crippen LogP contribution is 2.37. The predicted molar refractivity (Wildman–Crippen MR) is 142 cm³/mol. The SMILES string of the molecule is C=C/C=C(\C=C(\C)C(C)CC)c1[nH]c2ccc(C3CCN(C(C)C)CC3)cc2c1C(C)C. The van der Waals surface area contributed by atoms with Gasteiger partial charge < -0.3 is 9.88 Å². The van der Waals surface area contributed by atoms with Gasteiger partial charge >= 0.3 is 0 Å². The van der Waals surface area contributed by atoms with Gasteiger partial charge in [-0.3, -0.25) is 0 Å². The maximum atomic E-state index is 4.00. The van der Waals surface area contributed by atoms with Crippen molar-refractivity contribution in [3.8, 4) is 0 Å². The Hall–Kier alpha value is -2.06. The van der Waals surface area contributed by atoms with Crippen LogP contribution in [0.5, 0.6) is 0 Å². The van der Waals surface area contributed by atoms with Crippen LogP contribution >= 0.6 is 0 Å². The van der Waals surface area contributed by atoms with Crippen molar-refractivity contribution in [3.05, 3.63) is 65.4 Å². The molecule has 1 atom stereocenters. The summed E-state index contributed by atoms with van der Waals surface area (Å²) in [5.74, 6) is 1.70. The van der Waals surface area contributed by atoms with Crippen LogP contribution in [-0.2, 0) is 0 Å². The molecule has 1 aromatic carbocycles. The average molecular weight is 433 g/mol. The van der Waals surface area contributed by atoms with E-state index in [4.69, 9.17) is 0 Å². The molecular weight excluding hydrogens is 388 g/mol. The van der Waals surface area contributed by atoms with Gasteiger partial charge in [0.15, 0.2) is 0 Å².